The van der Waals surface area contributed by atoms with E-state index in [9.17, 15) is 14.4 Å². The summed E-state index contributed by atoms with van der Waals surface area (Å²) in [7, 11) is 0. The number of carbonyl (C=O) groups is 3. The number of anilines is 1. The Morgan fingerprint density at radius 3 is 2.43 bits per heavy atom. The lowest BCUT2D eigenvalue weighted by Gasteiger charge is -2.14. The molecule has 1 fully saturated rings. The zero-order chi connectivity index (χ0) is 19.7. The Bertz CT molecular complexity index is 928. The average molecular weight is 416 g/mol. The molecular weight excluding hydrogens is 398 g/mol. The minimum Gasteiger partial charge on any atom is -0.302 e. The Balaban J connectivity index is 1.33. The van der Waals surface area contributed by atoms with Crippen LogP contribution in [0.1, 0.15) is 19.3 Å². The number of halogens is 1. The third kappa shape index (κ3) is 3.72. The van der Waals surface area contributed by atoms with Gasteiger partial charge in [0.15, 0.2) is 5.13 Å². The highest BCUT2D eigenvalue weighted by molar-refractivity contribution is 7.14. The van der Waals surface area contributed by atoms with Crippen LogP contribution in [0.3, 0.4) is 0 Å². The predicted octanol–water partition coefficient (Wildman–Crippen LogP) is 3.74. The number of rotatable bonds is 5. The first-order valence-corrected chi connectivity index (χ1v) is 10.3. The second kappa shape index (κ2) is 7.85. The molecule has 6 nitrogen and oxygen atoms in total. The van der Waals surface area contributed by atoms with Crippen molar-refractivity contribution in [3.63, 3.8) is 0 Å². The van der Waals surface area contributed by atoms with Crippen LogP contribution in [0.4, 0.5) is 5.13 Å². The van der Waals surface area contributed by atoms with Crippen LogP contribution in [0.15, 0.2) is 41.8 Å². The number of benzene rings is 1. The van der Waals surface area contributed by atoms with Gasteiger partial charge in [-0.2, -0.15) is 0 Å². The van der Waals surface area contributed by atoms with Gasteiger partial charge in [0.1, 0.15) is 0 Å². The number of amides is 3. The molecule has 0 spiro atoms. The summed E-state index contributed by atoms with van der Waals surface area (Å²) >= 11 is 7.21. The fourth-order valence-electron chi connectivity index (χ4n) is 3.57. The maximum Gasteiger partial charge on any atom is 0.233 e. The Morgan fingerprint density at radius 1 is 1.14 bits per heavy atom. The molecule has 8 heteroatoms. The van der Waals surface area contributed by atoms with E-state index in [2.05, 4.69) is 10.3 Å². The number of nitrogens with zero attached hydrogens (tertiary/aromatic N) is 2. The highest BCUT2D eigenvalue weighted by Gasteiger charge is 2.46. The van der Waals surface area contributed by atoms with Crippen LogP contribution in [0.25, 0.3) is 11.3 Å². The van der Waals surface area contributed by atoms with Gasteiger partial charge in [0.2, 0.25) is 17.7 Å². The van der Waals surface area contributed by atoms with E-state index in [0.717, 1.165) is 11.3 Å². The zero-order valence-electron chi connectivity index (χ0n) is 14.9. The van der Waals surface area contributed by atoms with Gasteiger partial charge in [0.05, 0.1) is 17.5 Å². The summed E-state index contributed by atoms with van der Waals surface area (Å²) in [5, 5.41) is 5.72. The van der Waals surface area contributed by atoms with E-state index in [1.54, 1.807) is 12.1 Å². The average Bonchev–Trinajstić information content (AvgIpc) is 3.25. The molecule has 1 aliphatic heterocycles. The van der Waals surface area contributed by atoms with Crippen LogP contribution >= 0.6 is 22.9 Å². The highest BCUT2D eigenvalue weighted by atomic mass is 35.5. The molecule has 1 aromatic carbocycles. The topological polar surface area (TPSA) is 79.4 Å². The van der Waals surface area contributed by atoms with E-state index in [1.807, 2.05) is 29.7 Å². The number of allylic oxidation sites excluding steroid dienone is 2. The molecule has 0 unspecified atom stereocenters. The molecular formula is C20H18ClN3O3S. The van der Waals surface area contributed by atoms with Gasteiger partial charge < -0.3 is 5.32 Å². The first-order valence-electron chi connectivity index (χ1n) is 9.04. The number of carbonyl (C=O) groups excluding carboxylic acids is 3. The molecule has 4 rings (SSSR count). The van der Waals surface area contributed by atoms with Crippen LogP contribution in [-0.4, -0.2) is 34.2 Å². The molecule has 0 bridgehead atoms. The number of imide groups is 1. The third-order valence-electron chi connectivity index (χ3n) is 5.05. The van der Waals surface area contributed by atoms with Crippen molar-refractivity contribution in [1.82, 2.24) is 9.88 Å². The fraction of sp³-hybridized carbons (Fsp3) is 0.300. The van der Waals surface area contributed by atoms with Crippen molar-refractivity contribution in [2.45, 2.75) is 19.3 Å². The Kier molecular flexibility index (Phi) is 5.28. The second-order valence-corrected chi connectivity index (χ2v) is 8.12. The van der Waals surface area contributed by atoms with Crippen LogP contribution in [0, 0.1) is 11.8 Å². The number of nitrogens with one attached hydrogen (secondary N) is 1. The predicted molar refractivity (Wildman–Crippen MR) is 108 cm³/mol. The lowest BCUT2D eigenvalue weighted by molar-refractivity contribution is -0.140. The van der Waals surface area contributed by atoms with Crippen molar-refractivity contribution in [3.8, 4) is 11.3 Å². The van der Waals surface area contributed by atoms with E-state index in [0.29, 0.717) is 23.0 Å². The van der Waals surface area contributed by atoms with Gasteiger partial charge in [-0.1, -0.05) is 35.9 Å². The number of hydrogen-bond donors (Lipinski definition) is 1. The molecule has 0 saturated carbocycles. The minimum atomic E-state index is -0.273. The van der Waals surface area contributed by atoms with Crippen LogP contribution < -0.4 is 5.32 Å². The van der Waals surface area contributed by atoms with Crippen LogP contribution in [0.5, 0.6) is 0 Å². The Hall–Kier alpha value is -2.51. The highest BCUT2D eigenvalue weighted by Crippen LogP contribution is 2.35. The van der Waals surface area contributed by atoms with Gasteiger partial charge in [-0.25, -0.2) is 4.98 Å². The van der Waals surface area contributed by atoms with Crippen molar-refractivity contribution in [1.29, 1.82) is 0 Å². The molecule has 2 atom stereocenters. The van der Waals surface area contributed by atoms with Crippen molar-refractivity contribution in [2.24, 2.45) is 11.8 Å². The number of fused-ring (bicyclic) bond motifs is 1. The molecule has 1 aliphatic carbocycles. The summed E-state index contributed by atoms with van der Waals surface area (Å²) in [5.74, 6) is -1.12. The van der Waals surface area contributed by atoms with Crippen molar-refractivity contribution >= 4 is 45.8 Å². The summed E-state index contributed by atoms with van der Waals surface area (Å²) in [5.41, 5.74) is 1.66. The standard InChI is InChI=1S/C20H18ClN3O3S/c21-13-7-5-12(6-8-13)16-11-28-20(22-16)23-17(25)9-10-24-18(26)14-3-1-2-4-15(14)19(24)27/h1-2,5-8,11,14-15H,3-4,9-10H2,(H,22,23,25)/t14-,15-/m0/s1. The molecule has 144 valence electrons. The molecule has 2 heterocycles. The number of aromatic nitrogens is 1. The van der Waals surface area contributed by atoms with Crippen LogP contribution in [-0.2, 0) is 14.4 Å². The molecule has 0 radical (unpaired) electrons. The first-order chi connectivity index (χ1) is 13.5. The largest absolute Gasteiger partial charge is 0.302 e. The van der Waals surface area contributed by atoms with E-state index in [1.165, 1.54) is 16.2 Å². The fourth-order valence-corrected chi connectivity index (χ4v) is 4.43. The molecule has 1 aromatic heterocycles. The quantitative estimate of drug-likeness (QED) is 0.595. The summed E-state index contributed by atoms with van der Waals surface area (Å²) in [4.78, 5) is 42.8. The molecule has 2 aromatic rings. The maximum absolute atomic E-state index is 12.4. The van der Waals surface area contributed by atoms with Crippen molar-refractivity contribution in [3.05, 3.63) is 46.8 Å². The molecule has 1 N–H and O–H groups in total. The number of thiazole rings is 1. The van der Waals surface area contributed by atoms with Gasteiger partial charge in [-0.15, -0.1) is 11.3 Å². The number of likely N-dealkylation sites (tertiary alicyclic amines) is 1. The molecule has 1 saturated heterocycles. The summed E-state index contributed by atoms with van der Waals surface area (Å²) < 4.78 is 0. The van der Waals surface area contributed by atoms with E-state index in [4.69, 9.17) is 11.6 Å². The van der Waals surface area contributed by atoms with Gasteiger partial charge in [-0.05, 0) is 25.0 Å². The van der Waals surface area contributed by atoms with Crippen molar-refractivity contribution < 1.29 is 14.4 Å². The SMILES string of the molecule is O=C(CCN1C(=O)[C@H]2CC=CC[C@@H]2C1=O)Nc1nc(-c2ccc(Cl)cc2)cs1. The van der Waals surface area contributed by atoms with Gasteiger partial charge in [0, 0.05) is 28.9 Å². The van der Waals surface area contributed by atoms with Crippen LogP contribution in [0.2, 0.25) is 5.02 Å². The monoisotopic (exact) mass is 415 g/mol. The number of hydrogen-bond acceptors (Lipinski definition) is 5. The lowest BCUT2D eigenvalue weighted by atomic mass is 9.85. The Labute approximate surface area is 171 Å². The molecule has 3 amide bonds. The third-order valence-corrected chi connectivity index (χ3v) is 6.06. The summed E-state index contributed by atoms with van der Waals surface area (Å²) in [6, 6.07) is 7.29. The van der Waals surface area contributed by atoms with Gasteiger partial charge in [0.25, 0.3) is 0 Å². The van der Waals surface area contributed by atoms with Crippen molar-refractivity contribution in [2.75, 3.05) is 11.9 Å². The summed E-state index contributed by atoms with van der Waals surface area (Å²) in [6.07, 6.45) is 5.15. The van der Waals surface area contributed by atoms with E-state index < -0.39 is 0 Å². The lowest BCUT2D eigenvalue weighted by Crippen LogP contribution is -2.34. The van der Waals surface area contributed by atoms with Gasteiger partial charge in [-0.3, -0.25) is 19.3 Å². The van der Waals surface area contributed by atoms with E-state index in [-0.39, 0.29) is 42.5 Å². The Morgan fingerprint density at radius 2 is 1.79 bits per heavy atom. The molecule has 2 aliphatic rings. The minimum absolute atomic E-state index is 0.0558. The maximum atomic E-state index is 12.4. The summed E-state index contributed by atoms with van der Waals surface area (Å²) in [6.45, 7) is 0.103. The second-order valence-electron chi connectivity index (χ2n) is 6.83. The van der Waals surface area contributed by atoms with E-state index >= 15 is 0 Å². The normalized spacial score (nSPS) is 21.1. The van der Waals surface area contributed by atoms with Gasteiger partial charge >= 0.3 is 0 Å². The zero-order valence-corrected chi connectivity index (χ0v) is 16.5. The first kappa shape index (κ1) is 18.8. The smallest absolute Gasteiger partial charge is 0.233 e. The molecule has 28 heavy (non-hydrogen) atoms.